The molecule has 4 N–H and O–H groups in total. The number of benzene rings is 1. The van der Waals surface area contributed by atoms with E-state index in [1.54, 1.807) is 0 Å². The van der Waals surface area contributed by atoms with Crippen LogP contribution in [0, 0.1) is 0 Å². The number of alkyl halides is 9. The molecule has 2 rings (SSSR count). The van der Waals surface area contributed by atoms with Gasteiger partial charge in [0.1, 0.15) is 0 Å². The molecule has 234 valence electrons. The van der Waals surface area contributed by atoms with Gasteiger partial charge in [0.05, 0.1) is 42.0 Å². The second-order valence-electron chi connectivity index (χ2n) is 9.33. The molecule has 2 aromatic rings. The minimum atomic E-state index is -5.15. The van der Waals surface area contributed by atoms with Crippen LogP contribution in [0.2, 0.25) is 0 Å². The molecule has 1 heterocycles. The standard InChI is InChI=1S/C24H28F9N7O2/c1-38(2)18(9-19(41)42-4)20-14(7-17(10-36-20)24(31,32)33)12-40(21(34)37-39(3)35)11-13-5-15(22(25,26)27)8-16(6-13)23(28,29)30/h5-8,10,18H,9,11-12,35H2,1-4H3,(H2,34,37). The average Bonchev–Trinajstić information content (AvgIpc) is 2.84. The van der Waals surface area contributed by atoms with Crippen LogP contribution in [-0.4, -0.2) is 60.1 Å². The lowest BCUT2D eigenvalue weighted by molar-refractivity contribution is -0.144. The Labute approximate surface area is 234 Å². The van der Waals surface area contributed by atoms with E-state index in [-0.39, 0.29) is 23.7 Å². The van der Waals surface area contributed by atoms with Crippen molar-refractivity contribution in [1.29, 1.82) is 0 Å². The van der Waals surface area contributed by atoms with Gasteiger partial charge in [-0.25, -0.2) is 11.0 Å². The Morgan fingerprint density at radius 3 is 1.86 bits per heavy atom. The quantitative estimate of drug-likeness (QED) is 0.107. The lowest BCUT2D eigenvalue weighted by atomic mass is 10.00. The van der Waals surface area contributed by atoms with E-state index in [0.29, 0.717) is 29.5 Å². The summed E-state index contributed by atoms with van der Waals surface area (Å²) in [7, 11) is 5.32. The second-order valence-corrected chi connectivity index (χ2v) is 9.33. The van der Waals surface area contributed by atoms with E-state index < -0.39 is 71.8 Å². The Morgan fingerprint density at radius 2 is 1.43 bits per heavy atom. The first-order chi connectivity index (χ1) is 19.1. The number of aromatic nitrogens is 1. The van der Waals surface area contributed by atoms with Crippen molar-refractivity contribution in [3.05, 3.63) is 64.0 Å². The van der Waals surface area contributed by atoms with E-state index in [1.807, 2.05) is 0 Å². The van der Waals surface area contributed by atoms with Gasteiger partial charge < -0.3 is 20.3 Å². The number of hydrazone groups is 1. The summed E-state index contributed by atoms with van der Waals surface area (Å²) < 4.78 is 126. The third kappa shape index (κ3) is 9.37. The summed E-state index contributed by atoms with van der Waals surface area (Å²) in [6, 6.07) is 0.579. The molecule has 0 amide bonds. The molecule has 0 bridgehead atoms. The highest BCUT2D eigenvalue weighted by Gasteiger charge is 2.37. The number of ether oxygens (including phenoxy) is 1. The number of halogens is 9. The molecule has 0 aliphatic heterocycles. The molecule has 1 atom stereocenters. The number of carbonyl (C=O) groups is 1. The van der Waals surface area contributed by atoms with Crippen molar-refractivity contribution in [3.8, 4) is 0 Å². The van der Waals surface area contributed by atoms with Crippen LogP contribution in [0.25, 0.3) is 0 Å². The Bertz CT molecular complexity index is 1240. The fraction of sp³-hybridized carbons (Fsp3) is 0.458. The third-order valence-electron chi connectivity index (χ3n) is 5.82. The third-order valence-corrected chi connectivity index (χ3v) is 5.82. The van der Waals surface area contributed by atoms with Crippen molar-refractivity contribution in [2.24, 2.45) is 16.7 Å². The largest absolute Gasteiger partial charge is 0.469 e. The minimum absolute atomic E-state index is 0.0580. The first-order valence-corrected chi connectivity index (χ1v) is 11.8. The number of hydrogen-bond acceptors (Lipinski definition) is 7. The fourth-order valence-corrected chi connectivity index (χ4v) is 3.85. The van der Waals surface area contributed by atoms with Crippen molar-refractivity contribution in [1.82, 2.24) is 19.9 Å². The molecule has 9 nitrogen and oxygen atoms in total. The Kier molecular flexibility index (Phi) is 10.7. The zero-order valence-corrected chi connectivity index (χ0v) is 22.7. The highest BCUT2D eigenvalue weighted by molar-refractivity contribution is 5.78. The number of nitrogens with two attached hydrogens (primary N) is 2. The maximum absolute atomic E-state index is 13.6. The van der Waals surface area contributed by atoms with E-state index in [4.69, 9.17) is 11.6 Å². The molecule has 0 spiro atoms. The Hall–Kier alpha value is -3.80. The number of pyridine rings is 1. The molecule has 0 aliphatic rings. The molecule has 0 fully saturated rings. The normalized spacial score (nSPS) is 13.7. The van der Waals surface area contributed by atoms with Gasteiger partial charge in [-0.3, -0.25) is 9.78 Å². The van der Waals surface area contributed by atoms with Gasteiger partial charge in [0.15, 0.2) is 0 Å². The van der Waals surface area contributed by atoms with Crippen molar-refractivity contribution >= 4 is 11.9 Å². The number of methoxy groups -OCH3 is 1. The molecule has 0 aliphatic carbocycles. The zero-order chi connectivity index (χ0) is 32.2. The summed E-state index contributed by atoms with van der Waals surface area (Å²) in [5.74, 6) is 4.19. The monoisotopic (exact) mass is 617 g/mol. The summed E-state index contributed by atoms with van der Waals surface area (Å²) in [6.45, 7) is -1.41. The summed E-state index contributed by atoms with van der Waals surface area (Å²) in [6.07, 6.45) is -15.0. The molecule has 1 unspecified atom stereocenters. The van der Waals surface area contributed by atoms with Crippen molar-refractivity contribution < 1.29 is 49.0 Å². The second kappa shape index (κ2) is 13.0. The van der Waals surface area contributed by atoms with E-state index >= 15 is 0 Å². The van der Waals surface area contributed by atoms with Gasteiger partial charge in [0.2, 0.25) is 5.96 Å². The number of esters is 1. The Morgan fingerprint density at radius 1 is 0.905 bits per heavy atom. The van der Waals surface area contributed by atoms with Crippen LogP contribution in [0.15, 0.2) is 35.6 Å². The van der Waals surface area contributed by atoms with Gasteiger partial charge in [-0.1, -0.05) is 0 Å². The maximum atomic E-state index is 13.6. The van der Waals surface area contributed by atoms with Crippen molar-refractivity contribution in [2.75, 3.05) is 28.3 Å². The number of nitrogens with zero attached hydrogens (tertiary/aromatic N) is 5. The molecule has 18 heteroatoms. The van der Waals surface area contributed by atoms with E-state index in [9.17, 15) is 44.3 Å². The molecule has 1 aromatic carbocycles. The first-order valence-electron chi connectivity index (χ1n) is 11.8. The van der Waals surface area contributed by atoms with Gasteiger partial charge >= 0.3 is 24.5 Å². The van der Waals surface area contributed by atoms with Crippen LogP contribution in [0.4, 0.5) is 39.5 Å². The van der Waals surface area contributed by atoms with Gasteiger partial charge in [-0.2, -0.15) is 39.5 Å². The van der Waals surface area contributed by atoms with E-state index in [1.165, 1.54) is 26.0 Å². The molecule has 0 radical (unpaired) electrons. The smallest absolute Gasteiger partial charge is 0.417 e. The van der Waals surface area contributed by atoms with Gasteiger partial charge in [0, 0.05) is 26.3 Å². The van der Waals surface area contributed by atoms with Gasteiger partial charge in [-0.05, 0) is 49.5 Å². The number of rotatable bonds is 9. The lowest BCUT2D eigenvalue weighted by Gasteiger charge is -2.29. The summed E-state index contributed by atoms with van der Waals surface area (Å²) >= 11 is 0. The number of carbonyl (C=O) groups excluding carboxylic acids is 1. The van der Waals surface area contributed by atoms with Gasteiger partial charge in [0.25, 0.3) is 0 Å². The highest BCUT2D eigenvalue weighted by atomic mass is 19.4. The van der Waals surface area contributed by atoms with Crippen LogP contribution >= 0.6 is 0 Å². The summed E-state index contributed by atoms with van der Waals surface area (Å²) in [5, 5.41) is 4.40. The van der Waals surface area contributed by atoms with Crippen molar-refractivity contribution in [3.63, 3.8) is 0 Å². The fourth-order valence-electron chi connectivity index (χ4n) is 3.85. The zero-order valence-electron chi connectivity index (χ0n) is 22.7. The predicted octanol–water partition coefficient (Wildman–Crippen LogP) is 4.34. The van der Waals surface area contributed by atoms with E-state index in [2.05, 4.69) is 14.8 Å². The SMILES string of the molecule is COC(=O)CC(c1ncc(C(F)(F)F)cc1CN(Cc1cc(C(F)(F)F)cc(C(F)(F)F)c1)/C(N)=N/N(C)N)N(C)C. The maximum Gasteiger partial charge on any atom is 0.417 e. The van der Waals surface area contributed by atoms with E-state index in [0.717, 1.165) is 12.0 Å². The number of guanidine groups is 1. The lowest BCUT2D eigenvalue weighted by Crippen LogP contribution is -2.40. The molecular weight excluding hydrogens is 589 g/mol. The molecule has 42 heavy (non-hydrogen) atoms. The van der Waals surface area contributed by atoms with Crippen LogP contribution < -0.4 is 11.6 Å². The Balaban J connectivity index is 2.75. The first kappa shape index (κ1) is 34.4. The summed E-state index contributed by atoms with van der Waals surface area (Å²) in [4.78, 5) is 18.4. The molecular formula is C24H28F9N7O2. The number of hydrazine groups is 1. The van der Waals surface area contributed by atoms with Crippen LogP contribution in [-0.2, 0) is 41.1 Å². The van der Waals surface area contributed by atoms with Crippen LogP contribution in [0.3, 0.4) is 0 Å². The molecule has 1 aromatic heterocycles. The predicted molar refractivity (Wildman–Crippen MR) is 132 cm³/mol. The van der Waals surface area contributed by atoms with Crippen LogP contribution in [0.5, 0.6) is 0 Å². The highest BCUT2D eigenvalue weighted by Crippen LogP contribution is 2.37. The van der Waals surface area contributed by atoms with Crippen molar-refractivity contribution in [2.45, 2.75) is 44.1 Å². The summed E-state index contributed by atoms with van der Waals surface area (Å²) in [5.41, 5.74) is 0.748. The number of hydrogen-bond donors (Lipinski definition) is 2. The van der Waals surface area contributed by atoms with Gasteiger partial charge in [-0.15, -0.1) is 5.10 Å². The minimum Gasteiger partial charge on any atom is -0.469 e. The van der Waals surface area contributed by atoms with Crippen LogP contribution in [0.1, 0.15) is 46.0 Å². The molecule has 0 saturated carbocycles. The average molecular weight is 618 g/mol. The topological polar surface area (TPSA) is 113 Å². The molecule has 0 saturated heterocycles.